The van der Waals surface area contributed by atoms with E-state index in [1.807, 2.05) is 68.4 Å². The number of carbonyl (C=O) groups is 1. The molecule has 0 unspecified atom stereocenters. The number of amides is 1. The molecule has 0 aliphatic rings. The predicted molar refractivity (Wildman–Crippen MR) is 93.7 cm³/mol. The lowest BCUT2D eigenvalue weighted by Gasteiger charge is -2.09. The highest BCUT2D eigenvalue weighted by Crippen LogP contribution is 2.17. The molecule has 0 spiro atoms. The lowest BCUT2D eigenvalue weighted by atomic mass is 10.1. The second kappa shape index (κ2) is 6.53. The Morgan fingerprint density at radius 3 is 2.48 bits per heavy atom. The molecule has 0 saturated carbocycles. The summed E-state index contributed by atoms with van der Waals surface area (Å²) in [5, 5.41) is 5.07. The quantitative estimate of drug-likeness (QED) is 0.721. The molecule has 0 saturated heterocycles. The number of anilines is 1. The Bertz CT molecular complexity index is 855. The van der Waals surface area contributed by atoms with E-state index < -0.39 is 6.09 Å². The molecular weight excluding hydrogens is 286 g/mol. The molecule has 3 aromatic carbocycles. The highest BCUT2D eigenvalue weighted by Gasteiger charge is 2.05. The highest BCUT2D eigenvalue weighted by atomic mass is 16.5. The Morgan fingerprint density at radius 2 is 1.70 bits per heavy atom. The van der Waals surface area contributed by atoms with Crippen LogP contribution < -0.4 is 5.32 Å². The summed E-state index contributed by atoms with van der Waals surface area (Å²) in [7, 11) is 0. The summed E-state index contributed by atoms with van der Waals surface area (Å²) in [6, 6.07) is 20.0. The molecule has 1 N–H and O–H groups in total. The first-order valence-electron chi connectivity index (χ1n) is 7.60. The van der Waals surface area contributed by atoms with Crippen molar-refractivity contribution in [2.75, 3.05) is 5.32 Å². The van der Waals surface area contributed by atoms with Gasteiger partial charge in [-0.05, 0) is 59.5 Å². The number of fused-ring (bicyclic) bond motifs is 1. The molecule has 3 aromatic rings. The number of ether oxygens (including phenoxy) is 1. The van der Waals surface area contributed by atoms with Gasteiger partial charge in [-0.15, -0.1) is 0 Å². The van der Waals surface area contributed by atoms with Gasteiger partial charge >= 0.3 is 6.09 Å². The molecule has 0 atom stereocenters. The van der Waals surface area contributed by atoms with Crippen LogP contribution in [0, 0.1) is 13.8 Å². The number of carbonyl (C=O) groups excluding carboxylic acids is 1. The molecular formula is C20H19NO2. The zero-order valence-corrected chi connectivity index (χ0v) is 13.3. The first kappa shape index (κ1) is 15.1. The topological polar surface area (TPSA) is 38.3 Å². The van der Waals surface area contributed by atoms with Crippen molar-refractivity contribution in [3.05, 3.63) is 77.4 Å². The summed E-state index contributed by atoms with van der Waals surface area (Å²) in [6.45, 7) is 4.31. The minimum absolute atomic E-state index is 0.251. The van der Waals surface area contributed by atoms with Crippen molar-refractivity contribution in [1.82, 2.24) is 0 Å². The number of benzene rings is 3. The van der Waals surface area contributed by atoms with E-state index in [1.165, 1.54) is 10.9 Å². The number of aryl methyl sites for hydroxylation is 2. The maximum Gasteiger partial charge on any atom is 0.411 e. The minimum Gasteiger partial charge on any atom is -0.444 e. The Kier molecular flexibility index (Phi) is 4.29. The minimum atomic E-state index is -0.443. The van der Waals surface area contributed by atoms with Crippen molar-refractivity contribution in [3.8, 4) is 0 Å². The van der Waals surface area contributed by atoms with Crippen LogP contribution in [0.2, 0.25) is 0 Å². The largest absolute Gasteiger partial charge is 0.444 e. The number of hydrogen-bond acceptors (Lipinski definition) is 2. The van der Waals surface area contributed by atoms with E-state index in [0.29, 0.717) is 0 Å². The lowest BCUT2D eigenvalue weighted by Crippen LogP contribution is -2.13. The third kappa shape index (κ3) is 3.69. The fourth-order valence-electron chi connectivity index (χ4n) is 2.45. The van der Waals surface area contributed by atoms with E-state index in [0.717, 1.165) is 22.2 Å². The van der Waals surface area contributed by atoms with Gasteiger partial charge in [0, 0.05) is 5.69 Å². The molecule has 3 rings (SSSR count). The van der Waals surface area contributed by atoms with Gasteiger partial charge in [0.1, 0.15) is 6.61 Å². The normalized spacial score (nSPS) is 10.5. The van der Waals surface area contributed by atoms with Crippen LogP contribution in [0.5, 0.6) is 0 Å². The third-order valence-electron chi connectivity index (χ3n) is 3.94. The zero-order chi connectivity index (χ0) is 16.2. The number of rotatable bonds is 3. The molecule has 0 aromatic heterocycles. The van der Waals surface area contributed by atoms with Crippen LogP contribution in [0.15, 0.2) is 60.7 Å². The molecule has 0 radical (unpaired) electrons. The summed E-state index contributed by atoms with van der Waals surface area (Å²) >= 11 is 0. The fraction of sp³-hybridized carbons (Fsp3) is 0.150. The van der Waals surface area contributed by atoms with Crippen LogP contribution in [0.4, 0.5) is 10.5 Å². The van der Waals surface area contributed by atoms with Gasteiger partial charge in [0.2, 0.25) is 0 Å². The van der Waals surface area contributed by atoms with Crippen LogP contribution in [0.25, 0.3) is 10.8 Å². The first-order chi connectivity index (χ1) is 11.1. The van der Waals surface area contributed by atoms with Crippen molar-refractivity contribution in [3.63, 3.8) is 0 Å². The van der Waals surface area contributed by atoms with Gasteiger partial charge in [-0.3, -0.25) is 5.32 Å². The van der Waals surface area contributed by atoms with Gasteiger partial charge in [-0.2, -0.15) is 0 Å². The molecule has 3 heteroatoms. The Morgan fingerprint density at radius 1 is 0.913 bits per heavy atom. The van der Waals surface area contributed by atoms with Gasteiger partial charge in [0.15, 0.2) is 0 Å². The van der Waals surface area contributed by atoms with E-state index in [1.54, 1.807) is 0 Å². The summed E-state index contributed by atoms with van der Waals surface area (Å²) in [6.07, 6.45) is -0.443. The van der Waals surface area contributed by atoms with Crippen LogP contribution in [0.1, 0.15) is 16.7 Å². The number of hydrogen-bond donors (Lipinski definition) is 1. The van der Waals surface area contributed by atoms with Gasteiger partial charge in [0.25, 0.3) is 0 Å². The molecule has 0 fully saturated rings. The van der Waals surface area contributed by atoms with Crippen molar-refractivity contribution >= 4 is 22.6 Å². The summed E-state index contributed by atoms with van der Waals surface area (Å²) in [4.78, 5) is 11.9. The first-order valence-corrected chi connectivity index (χ1v) is 7.60. The van der Waals surface area contributed by atoms with Gasteiger partial charge in [0.05, 0.1) is 0 Å². The molecule has 1 amide bonds. The van der Waals surface area contributed by atoms with Crippen molar-refractivity contribution < 1.29 is 9.53 Å². The molecule has 0 heterocycles. The van der Waals surface area contributed by atoms with Gasteiger partial charge in [-0.1, -0.05) is 42.5 Å². The molecule has 23 heavy (non-hydrogen) atoms. The smallest absolute Gasteiger partial charge is 0.411 e. The predicted octanol–water partition coefficient (Wildman–Crippen LogP) is 5.21. The van der Waals surface area contributed by atoms with Crippen LogP contribution in [-0.2, 0) is 11.3 Å². The van der Waals surface area contributed by atoms with E-state index >= 15 is 0 Å². The van der Waals surface area contributed by atoms with Crippen LogP contribution >= 0.6 is 0 Å². The molecule has 116 valence electrons. The third-order valence-corrected chi connectivity index (χ3v) is 3.94. The monoisotopic (exact) mass is 305 g/mol. The second-order valence-corrected chi connectivity index (χ2v) is 5.68. The van der Waals surface area contributed by atoms with Gasteiger partial charge < -0.3 is 4.74 Å². The molecule has 3 nitrogen and oxygen atoms in total. The average Bonchev–Trinajstić information content (AvgIpc) is 2.56. The summed E-state index contributed by atoms with van der Waals surface area (Å²) in [5.74, 6) is 0. The lowest BCUT2D eigenvalue weighted by molar-refractivity contribution is 0.155. The number of nitrogens with one attached hydrogen (secondary N) is 1. The van der Waals surface area contributed by atoms with E-state index in [9.17, 15) is 4.79 Å². The van der Waals surface area contributed by atoms with E-state index in [4.69, 9.17) is 4.74 Å². The maximum absolute atomic E-state index is 11.9. The van der Waals surface area contributed by atoms with Crippen molar-refractivity contribution in [1.29, 1.82) is 0 Å². The molecule has 0 bridgehead atoms. The summed E-state index contributed by atoms with van der Waals surface area (Å²) in [5.41, 5.74) is 4.05. The SMILES string of the molecule is Cc1ccc(NC(=O)OCc2ccc3ccccc3c2)cc1C. The zero-order valence-electron chi connectivity index (χ0n) is 13.3. The Hall–Kier alpha value is -2.81. The molecule has 0 aliphatic heterocycles. The van der Waals surface area contributed by atoms with E-state index in [-0.39, 0.29) is 6.61 Å². The van der Waals surface area contributed by atoms with Crippen molar-refractivity contribution in [2.45, 2.75) is 20.5 Å². The van der Waals surface area contributed by atoms with Crippen LogP contribution in [0.3, 0.4) is 0 Å². The second-order valence-electron chi connectivity index (χ2n) is 5.68. The van der Waals surface area contributed by atoms with E-state index in [2.05, 4.69) is 11.4 Å². The van der Waals surface area contributed by atoms with Gasteiger partial charge in [-0.25, -0.2) is 4.79 Å². The fourth-order valence-corrected chi connectivity index (χ4v) is 2.45. The molecule has 0 aliphatic carbocycles. The summed E-state index contributed by atoms with van der Waals surface area (Å²) < 4.78 is 5.30. The standard InChI is InChI=1S/C20H19NO2/c1-14-7-10-19(11-15(14)2)21-20(22)23-13-16-8-9-17-5-3-4-6-18(17)12-16/h3-12H,13H2,1-2H3,(H,21,22). The average molecular weight is 305 g/mol. The maximum atomic E-state index is 11.9. The van der Waals surface area contributed by atoms with Crippen LogP contribution in [-0.4, -0.2) is 6.09 Å². The van der Waals surface area contributed by atoms with Crippen molar-refractivity contribution in [2.24, 2.45) is 0 Å². The highest BCUT2D eigenvalue weighted by molar-refractivity contribution is 5.85. The Labute approximate surface area is 135 Å². The Balaban J connectivity index is 1.62.